The second-order valence-corrected chi connectivity index (χ2v) is 5.89. The van der Waals surface area contributed by atoms with Gasteiger partial charge in [0, 0.05) is 0 Å². The van der Waals surface area contributed by atoms with Crippen LogP contribution in [0, 0.1) is 5.92 Å². The van der Waals surface area contributed by atoms with Gasteiger partial charge in [0.2, 0.25) is 5.89 Å². The van der Waals surface area contributed by atoms with Gasteiger partial charge in [0.15, 0.2) is 0 Å². The zero-order chi connectivity index (χ0) is 13.2. The Bertz CT molecular complexity index is 421. The third-order valence-corrected chi connectivity index (χ3v) is 3.71. The molecule has 6 heteroatoms. The normalized spacial score (nSPS) is 29.3. The van der Waals surface area contributed by atoms with E-state index in [1.165, 1.54) is 6.42 Å². The van der Waals surface area contributed by atoms with Crippen LogP contribution in [-0.2, 0) is 11.3 Å². The molecule has 2 bridgehead atoms. The molecular weight excluding hydrogens is 244 g/mol. The lowest BCUT2D eigenvalue weighted by atomic mass is 9.96. The summed E-state index contributed by atoms with van der Waals surface area (Å²) in [6.07, 6.45) is 4.13. The molecule has 1 aromatic rings. The quantitative estimate of drug-likeness (QED) is 0.814. The molecule has 0 aliphatic carbocycles. The van der Waals surface area contributed by atoms with E-state index in [9.17, 15) is 0 Å². The summed E-state index contributed by atoms with van der Waals surface area (Å²) in [5.41, 5.74) is 0. The number of ether oxygens (including phenoxy) is 1. The maximum absolute atomic E-state index is 5.79. The van der Waals surface area contributed by atoms with Crippen LogP contribution in [0.4, 0.5) is 6.01 Å². The summed E-state index contributed by atoms with van der Waals surface area (Å²) in [6.45, 7) is 5.91. The van der Waals surface area contributed by atoms with E-state index in [1.807, 2.05) is 0 Å². The Kier molecular flexibility index (Phi) is 3.70. The van der Waals surface area contributed by atoms with Crippen LogP contribution in [0.2, 0.25) is 0 Å². The molecule has 19 heavy (non-hydrogen) atoms. The topological polar surface area (TPSA) is 72.2 Å². The van der Waals surface area contributed by atoms with Crippen molar-refractivity contribution in [3.05, 3.63) is 5.89 Å². The minimum atomic E-state index is 0.319. The summed E-state index contributed by atoms with van der Waals surface area (Å²) in [5.74, 6) is 1.25. The molecule has 0 spiro atoms. The summed E-state index contributed by atoms with van der Waals surface area (Å²) in [4.78, 5) is 0. The molecule has 3 unspecified atom stereocenters. The molecule has 3 atom stereocenters. The highest BCUT2D eigenvalue weighted by Gasteiger charge is 2.41. The van der Waals surface area contributed by atoms with Crippen LogP contribution in [0.1, 0.15) is 39.0 Å². The van der Waals surface area contributed by atoms with E-state index in [-0.39, 0.29) is 0 Å². The summed E-state index contributed by atoms with van der Waals surface area (Å²) >= 11 is 0. The highest BCUT2D eigenvalue weighted by Crippen LogP contribution is 2.35. The first kappa shape index (κ1) is 12.9. The van der Waals surface area contributed by atoms with Crippen LogP contribution >= 0.6 is 0 Å². The molecule has 106 valence electrons. The van der Waals surface area contributed by atoms with Crippen molar-refractivity contribution < 1.29 is 9.15 Å². The maximum atomic E-state index is 5.79. The molecule has 1 aromatic heterocycles. The average Bonchev–Trinajstić information content (AvgIpc) is 3.05. The van der Waals surface area contributed by atoms with Crippen LogP contribution in [0.25, 0.3) is 0 Å². The van der Waals surface area contributed by atoms with Crippen LogP contribution in [0.3, 0.4) is 0 Å². The van der Waals surface area contributed by atoms with Crippen LogP contribution in [-0.4, -0.2) is 35.0 Å². The van der Waals surface area contributed by atoms with E-state index in [1.54, 1.807) is 0 Å². The SMILES string of the molecule is CC(C)CNCc1nnc(NC2CC3CCC2O3)o1. The van der Waals surface area contributed by atoms with Crippen LogP contribution in [0.15, 0.2) is 4.42 Å². The van der Waals surface area contributed by atoms with Gasteiger partial charge in [-0.3, -0.25) is 0 Å². The minimum absolute atomic E-state index is 0.319. The Morgan fingerprint density at radius 2 is 2.21 bits per heavy atom. The molecule has 2 fully saturated rings. The van der Waals surface area contributed by atoms with E-state index in [4.69, 9.17) is 9.15 Å². The third-order valence-electron chi connectivity index (χ3n) is 3.71. The minimum Gasteiger partial charge on any atom is -0.407 e. The van der Waals surface area contributed by atoms with Gasteiger partial charge < -0.3 is 19.8 Å². The second-order valence-electron chi connectivity index (χ2n) is 5.89. The van der Waals surface area contributed by atoms with Gasteiger partial charge in [0.1, 0.15) is 0 Å². The smallest absolute Gasteiger partial charge is 0.315 e. The lowest BCUT2D eigenvalue weighted by molar-refractivity contribution is 0.102. The van der Waals surface area contributed by atoms with Gasteiger partial charge in [-0.05, 0) is 31.7 Å². The van der Waals surface area contributed by atoms with Crippen LogP contribution < -0.4 is 10.6 Å². The summed E-state index contributed by atoms with van der Waals surface area (Å²) in [6, 6.07) is 0.846. The zero-order valence-electron chi connectivity index (χ0n) is 11.6. The standard InChI is InChI=1S/C13H22N4O2/c1-8(2)6-14-7-12-16-17-13(19-12)15-10-5-9-3-4-11(10)18-9/h8-11,14H,3-7H2,1-2H3,(H,15,17). The van der Waals surface area contributed by atoms with E-state index in [2.05, 4.69) is 34.7 Å². The van der Waals surface area contributed by atoms with Gasteiger partial charge in [-0.2, -0.15) is 0 Å². The van der Waals surface area contributed by atoms with Crippen molar-refractivity contribution >= 4 is 6.01 Å². The van der Waals surface area contributed by atoms with Crippen molar-refractivity contribution in [2.24, 2.45) is 5.92 Å². The number of anilines is 1. The molecule has 0 aromatic carbocycles. The highest BCUT2D eigenvalue weighted by molar-refractivity contribution is 5.22. The maximum Gasteiger partial charge on any atom is 0.315 e. The molecule has 0 amide bonds. The molecule has 2 N–H and O–H groups in total. The number of nitrogens with one attached hydrogen (secondary N) is 2. The molecular formula is C13H22N4O2. The summed E-state index contributed by atoms with van der Waals surface area (Å²) < 4.78 is 11.4. The van der Waals surface area contributed by atoms with Gasteiger partial charge in [0.25, 0.3) is 0 Å². The Morgan fingerprint density at radius 1 is 1.32 bits per heavy atom. The molecule has 3 heterocycles. The lowest BCUT2D eigenvalue weighted by Crippen LogP contribution is -2.30. The number of fused-ring (bicyclic) bond motifs is 2. The van der Waals surface area contributed by atoms with Crippen LogP contribution in [0.5, 0.6) is 0 Å². The Hall–Kier alpha value is -1.14. The number of nitrogens with zero attached hydrogens (tertiary/aromatic N) is 2. The van der Waals surface area contributed by atoms with E-state index < -0.39 is 0 Å². The van der Waals surface area contributed by atoms with Gasteiger partial charge in [-0.25, -0.2) is 0 Å². The van der Waals surface area contributed by atoms with Crippen molar-refractivity contribution in [1.82, 2.24) is 15.5 Å². The molecule has 6 nitrogen and oxygen atoms in total. The zero-order valence-corrected chi connectivity index (χ0v) is 11.6. The fourth-order valence-electron chi connectivity index (χ4n) is 2.80. The predicted molar refractivity (Wildman–Crippen MR) is 70.8 cm³/mol. The number of rotatable bonds is 6. The largest absolute Gasteiger partial charge is 0.407 e. The first-order valence-electron chi connectivity index (χ1n) is 7.16. The molecule has 0 radical (unpaired) electrons. The molecule has 2 aliphatic rings. The lowest BCUT2D eigenvalue weighted by Gasteiger charge is -2.18. The Morgan fingerprint density at radius 3 is 2.89 bits per heavy atom. The fraction of sp³-hybridized carbons (Fsp3) is 0.846. The van der Waals surface area contributed by atoms with Crippen molar-refractivity contribution in [1.29, 1.82) is 0 Å². The van der Waals surface area contributed by atoms with Gasteiger partial charge >= 0.3 is 6.01 Å². The third kappa shape index (κ3) is 3.06. The second kappa shape index (κ2) is 5.46. The number of hydrogen-bond donors (Lipinski definition) is 2. The number of hydrogen-bond acceptors (Lipinski definition) is 6. The van der Waals surface area contributed by atoms with E-state index in [0.29, 0.717) is 42.6 Å². The van der Waals surface area contributed by atoms with Crippen molar-refractivity contribution in [3.63, 3.8) is 0 Å². The van der Waals surface area contributed by atoms with E-state index in [0.717, 1.165) is 19.4 Å². The molecule has 2 aliphatic heterocycles. The van der Waals surface area contributed by atoms with Crippen molar-refractivity contribution in [2.45, 2.75) is 57.9 Å². The summed E-state index contributed by atoms with van der Waals surface area (Å²) in [5, 5.41) is 14.7. The van der Waals surface area contributed by atoms with Gasteiger partial charge in [0.05, 0.1) is 24.8 Å². The van der Waals surface area contributed by atoms with Crippen molar-refractivity contribution in [3.8, 4) is 0 Å². The molecule has 0 saturated carbocycles. The van der Waals surface area contributed by atoms with Gasteiger partial charge in [-0.15, -0.1) is 5.10 Å². The van der Waals surface area contributed by atoms with Gasteiger partial charge in [-0.1, -0.05) is 18.9 Å². The summed E-state index contributed by atoms with van der Waals surface area (Å²) in [7, 11) is 0. The fourth-order valence-corrected chi connectivity index (χ4v) is 2.80. The Balaban J connectivity index is 1.48. The Labute approximate surface area is 113 Å². The average molecular weight is 266 g/mol. The molecule has 3 rings (SSSR count). The predicted octanol–water partition coefficient (Wildman–Crippen LogP) is 1.55. The highest BCUT2D eigenvalue weighted by atomic mass is 16.5. The first-order chi connectivity index (χ1) is 9.20. The first-order valence-corrected chi connectivity index (χ1v) is 7.16. The molecule has 2 saturated heterocycles. The van der Waals surface area contributed by atoms with Crippen molar-refractivity contribution in [2.75, 3.05) is 11.9 Å². The number of aromatic nitrogens is 2. The monoisotopic (exact) mass is 266 g/mol. The van der Waals surface area contributed by atoms with E-state index >= 15 is 0 Å².